The van der Waals surface area contributed by atoms with Crippen molar-refractivity contribution in [3.63, 3.8) is 0 Å². The molecular formula is C13H20F2N4. The molecule has 1 aromatic heterocycles. The number of nitrogens with two attached hydrogens (primary N) is 1. The van der Waals surface area contributed by atoms with Crippen LogP contribution >= 0.6 is 0 Å². The largest absolute Gasteiger partial charge is 0.367 e. The number of hydrogen-bond donors (Lipinski definition) is 3. The number of anilines is 2. The number of nitrogen functional groups attached to an aromatic ring is 1. The molecule has 0 aromatic carbocycles. The van der Waals surface area contributed by atoms with Crippen molar-refractivity contribution >= 4 is 11.6 Å². The summed E-state index contributed by atoms with van der Waals surface area (Å²) in [6.45, 7) is 2.89. The van der Waals surface area contributed by atoms with E-state index in [4.69, 9.17) is 5.84 Å². The molecule has 0 spiro atoms. The van der Waals surface area contributed by atoms with Crippen molar-refractivity contribution in [3.8, 4) is 0 Å². The van der Waals surface area contributed by atoms with E-state index in [1.165, 1.54) is 12.8 Å². The lowest BCUT2D eigenvalue weighted by molar-refractivity contribution is 0.293. The second-order valence-electron chi connectivity index (χ2n) is 5.31. The Bertz CT molecular complexity index is 439. The van der Waals surface area contributed by atoms with Gasteiger partial charge in [-0.05, 0) is 24.7 Å². The van der Waals surface area contributed by atoms with Crippen LogP contribution in [0.25, 0.3) is 0 Å². The third kappa shape index (κ3) is 3.53. The first-order chi connectivity index (χ1) is 9.10. The van der Waals surface area contributed by atoms with Gasteiger partial charge in [-0.2, -0.15) is 0 Å². The monoisotopic (exact) mass is 270 g/mol. The van der Waals surface area contributed by atoms with Gasteiger partial charge in [0.25, 0.3) is 0 Å². The Kier molecular flexibility index (Phi) is 4.52. The summed E-state index contributed by atoms with van der Waals surface area (Å²) in [6.07, 6.45) is 4.75. The van der Waals surface area contributed by atoms with Crippen LogP contribution in [0.1, 0.15) is 32.6 Å². The van der Waals surface area contributed by atoms with Crippen LogP contribution in [0.4, 0.5) is 20.4 Å². The molecule has 1 saturated carbocycles. The minimum atomic E-state index is -0.795. The summed E-state index contributed by atoms with van der Waals surface area (Å²) < 4.78 is 26.8. The highest BCUT2D eigenvalue weighted by Crippen LogP contribution is 2.29. The minimum absolute atomic E-state index is 0.0487. The standard InChI is InChI=1S/C13H20F2N4/c1-8-3-2-4-9(5-8)7-17-12-10(14)6-11(15)13(18-12)19-16/h6,8-9H,2-5,7,16H2,1H3,(H2,17,18,19). The summed E-state index contributed by atoms with van der Waals surface area (Å²) in [6, 6.07) is 0.786. The zero-order valence-electron chi connectivity index (χ0n) is 11.0. The van der Waals surface area contributed by atoms with E-state index in [0.717, 1.165) is 18.9 Å². The maximum absolute atomic E-state index is 13.6. The van der Waals surface area contributed by atoms with Crippen molar-refractivity contribution in [2.24, 2.45) is 17.7 Å². The van der Waals surface area contributed by atoms with Crippen LogP contribution in [0, 0.1) is 23.5 Å². The molecule has 106 valence electrons. The first-order valence-electron chi connectivity index (χ1n) is 6.66. The zero-order valence-corrected chi connectivity index (χ0v) is 11.0. The molecule has 0 radical (unpaired) electrons. The van der Waals surface area contributed by atoms with Crippen molar-refractivity contribution < 1.29 is 8.78 Å². The van der Waals surface area contributed by atoms with Crippen LogP contribution in [-0.4, -0.2) is 11.5 Å². The lowest BCUT2D eigenvalue weighted by Crippen LogP contribution is -2.22. The predicted octanol–water partition coefficient (Wildman–Crippen LogP) is 2.88. The zero-order chi connectivity index (χ0) is 13.8. The number of nitrogens with one attached hydrogen (secondary N) is 2. The summed E-state index contributed by atoms with van der Waals surface area (Å²) in [5.41, 5.74) is 2.12. The average molecular weight is 270 g/mol. The fourth-order valence-corrected chi connectivity index (χ4v) is 2.68. The van der Waals surface area contributed by atoms with Crippen LogP contribution in [0.3, 0.4) is 0 Å². The van der Waals surface area contributed by atoms with Gasteiger partial charge in [0, 0.05) is 12.6 Å². The Morgan fingerprint density at radius 1 is 1.32 bits per heavy atom. The van der Waals surface area contributed by atoms with Crippen molar-refractivity contribution in [3.05, 3.63) is 17.7 Å². The quantitative estimate of drug-likeness (QED) is 0.581. The summed E-state index contributed by atoms with van der Waals surface area (Å²) in [4.78, 5) is 3.80. The van der Waals surface area contributed by atoms with Gasteiger partial charge in [-0.25, -0.2) is 19.6 Å². The van der Waals surface area contributed by atoms with Crippen LogP contribution < -0.4 is 16.6 Å². The van der Waals surface area contributed by atoms with E-state index in [1.54, 1.807) is 0 Å². The summed E-state index contributed by atoms with van der Waals surface area (Å²) >= 11 is 0. The summed E-state index contributed by atoms with van der Waals surface area (Å²) in [5.74, 6) is 4.77. The SMILES string of the molecule is CC1CCCC(CNc2nc(NN)c(F)cc2F)C1. The molecule has 6 heteroatoms. The van der Waals surface area contributed by atoms with E-state index in [2.05, 4.69) is 22.7 Å². The van der Waals surface area contributed by atoms with E-state index in [1.807, 2.05) is 0 Å². The lowest BCUT2D eigenvalue weighted by Gasteiger charge is -2.27. The number of aromatic nitrogens is 1. The smallest absolute Gasteiger partial charge is 0.178 e. The van der Waals surface area contributed by atoms with Gasteiger partial charge >= 0.3 is 0 Å². The Balaban J connectivity index is 1.99. The molecule has 4 nitrogen and oxygen atoms in total. The topological polar surface area (TPSA) is 63.0 Å². The van der Waals surface area contributed by atoms with E-state index < -0.39 is 11.6 Å². The molecule has 1 aromatic rings. The van der Waals surface area contributed by atoms with Crippen LogP contribution in [0.2, 0.25) is 0 Å². The number of nitrogens with zero attached hydrogens (tertiary/aromatic N) is 1. The molecule has 1 fully saturated rings. The van der Waals surface area contributed by atoms with Crippen molar-refractivity contribution in [2.45, 2.75) is 32.6 Å². The lowest BCUT2D eigenvalue weighted by atomic mass is 9.82. The van der Waals surface area contributed by atoms with Gasteiger partial charge in [0.1, 0.15) is 0 Å². The van der Waals surface area contributed by atoms with Gasteiger partial charge in [-0.15, -0.1) is 0 Å². The molecule has 2 rings (SSSR count). The van der Waals surface area contributed by atoms with Gasteiger partial charge in [0.2, 0.25) is 0 Å². The average Bonchev–Trinajstić information content (AvgIpc) is 2.38. The van der Waals surface area contributed by atoms with Gasteiger partial charge in [-0.3, -0.25) is 0 Å². The van der Waals surface area contributed by atoms with E-state index >= 15 is 0 Å². The Hall–Kier alpha value is -1.43. The van der Waals surface area contributed by atoms with Gasteiger partial charge in [0.15, 0.2) is 23.3 Å². The fourth-order valence-electron chi connectivity index (χ4n) is 2.68. The second-order valence-corrected chi connectivity index (χ2v) is 5.31. The molecule has 1 aliphatic rings. The third-order valence-electron chi connectivity index (χ3n) is 3.67. The van der Waals surface area contributed by atoms with Gasteiger partial charge < -0.3 is 10.7 Å². The van der Waals surface area contributed by atoms with E-state index in [9.17, 15) is 8.78 Å². The number of rotatable bonds is 4. The maximum atomic E-state index is 13.6. The molecule has 1 aliphatic carbocycles. The highest BCUT2D eigenvalue weighted by molar-refractivity contribution is 5.46. The van der Waals surface area contributed by atoms with Crippen LogP contribution in [0.5, 0.6) is 0 Å². The molecule has 2 atom stereocenters. The third-order valence-corrected chi connectivity index (χ3v) is 3.67. The molecule has 19 heavy (non-hydrogen) atoms. The highest BCUT2D eigenvalue weighted by atomic mass is 19.1. The molecule has 0 amide bonds. The second kappa shape index (κ2) is 6.14. The van der Waals surface area contributed by atoms with E-state index in [-0.39, 0.29) is 11.6 Å². The minimum Gasteiger partial charge on any atom is -0.367 e. The number of hydrazine groups is 1. The summed E-state index contributed by atoms with van der Waals surface area (Å²) in [7, 11) is 0. The number of pyridine rings is 1. The van der Waals surface area contributed by atoms with Crippen molar-refractivity contribution in [2.75, 3.05) is 17.3 Å². The number of hydrogen-bond acceptors (Lipinski definition) is 4. The fraction of sp³-hybridized carbons (Fsp3) is 0.615. The molecule has 4 N–H and O–H groups in total. The van der Waals surface area contributed by atoms with Crippen LogP contribution in [-0.2, 0) is 0 Å². The first-order valence-corrected chi connectivity index (χ1v) is 6.66. The number of halogens is 2. The predicted molar refractivity (Wildman–Crippen MR) is 71.6 cm³/mol. The molecular weight excluding hydrogens is 250 g/mol. The van der Waals surface area contributed by atoms with Crippen molar-refractivity contribution in [1.82, 2.24) is 4.98 Å². The molecule has 0 aliphatic heterocycles. The Morgan fingerprint density at radius 2 is 2.05 bits per heavy atom. The summed E-state index contributed by atoms with van der Waals surface area (Å²) in [5, 5.41) is 2.96. The Labute approximate surface area is 111 Å². The van der Waals surface area contributed by atoms with Crippen molar-refractivity contribution in [1.29, 1.82) is 0 Å². The Morgan fingerprint density at radius 3 is 2.74 bits per heavy atom. The molecule has 0 bridgehead atoms. The highest BCUT2D eigenvalue weighted by Gasteiger charge is 2.19. The normalized spacial score (nSPS) is 23.2. The van der Waals surface area contributed by atoms with E-state index in [0.29, 0.717) is 18.4 Å². The molecule has 2 unspecified atom stereocenters. The van der Waals surface area contributed by atoms with Crippen LogP contribution in [0.15, 0.2) is 6.07 Å². The van der Waals surface area contributed by atoms with Gasteiger partial charge in [0.05, 0.1) is 0 Å². The molecule has 1 heterocycles. The van der Waals surface area contributed by atoms with Gasteiger partial charge in [-0.1, -0.05) is 19.8 Å². The first kappa shape index (κ1) is 14.0. The maximum Gasteiger partial charge on any atom is 0.178 e. The molecule has 0 saturated heterocycles.